The van der Waals surface area contributed by atoms with Crippen LogP contribution in [0, 0.1) is 5.92 Å². The Bertz CT molecular complexity index is 382. The average Bonchev–Trinajstić information content (AvgIpc) is 3.00. The van der Waals surface area contributed by atoms with Gasteiger partial charge in [-0.3, -0.25) is 5.10 Å². The van der Waals surface area contributed by atoms with Gasteiger partial charge in [0.2, 0.25) is 5.95 Å². The Morgan fingerprint density at radius 1 is 1.14 bits per heavy atom. The molecule has 0 unspecified atom stereocenters. The lowest BCUT2D eigenvalue weighted by Crippen LogP contribution is -2.36. The zero-order valence-electron chi connectivity index (χ0n) is 13.5. The topological polar surface area (TPSA) is 70.8 Å². The first-order valence-corrected chi connectivity index (χ1v) is 8.69. The quantitative estimate of drug-likeness (QED) is 0.687. The number of unbranched alkanes of at least 4 members (excludes halogenated alkanes) is 5. The fourth-order valence-corrected chi connectivity index (χ4v) is 2.98. The second kappa shape index (κ2) is 9.03. The van der Waals surface area contributed by atoms with Crippen molar-refractivity contribution in [3.05, 3.63) is 5.82 Å². The summed E-state index contributed by atoms with van der Waals surface area (Å²) in [5.74, 6) is 2.61. The number of anilines is 1. The van der Waals surface area contributed by atoms with Crippen molar-refractivity contribution in [2.24, 2.45) is 11.7 Å². The van der Waals surface area contributed by atoms with Gasteiger partial charge in [-0.05, 0) is 31.7 Å². The van der Waals surface area contributed by atoms with Crippen molar-refractivity contribution >= 4 is 5.95 Å². The molecule has 1 aromatic rings. The number of aromatic nitrogens is 3. The van der Waals surface area contributed by atoms with E-state index in [1.807, 2.05) is 0 Å². The lowest BCUT2D eigenvalue weighted by Gasteiger charge is -2.30. The van der Waals surface area contributed by atoms with E-state index in [9.17, 15) is 0 Å². The fourth-order valence-electron chi connectivity index (χ4n) is 2.98. The van der Waals surface area contributed by atoms with Gasteiger partial charge in [-0.1, -0.05) is 39.0 Å². The minimum Gasteiger partial charge on any atom is -0.340 e. The van der Waals surface area contributed by atoms with E-state index in [-0.39, 0.29) is 0 Å². The maximum Gasteiger partial charge on any atom is 0.244 e. The van der Waals surface area contributed by atoms with Crippen LogP contribution in [-0.4, -0.2) is 34.8 Å². The molecular weight excluding hydrogens is 262 g/mol. The van der Waals surface area contributed by atoms with Gasteiger partial charge in [0.25, 0.3) is 0 Å². The van der Waals surface area contributed by atoms with Crippen LogP contribution in [0.25, 0.3) is 0 Å². The Morgan fingerprint density at radius 2 is 1.86 bits per heavy atom. The molecule has 0 aromatic carbocycles. The van der Waals surface area contributed by atoms with E-state index >= 15 is 0 Å². The van der Waals surface area contributed by atoms with E-state index in [2.05, 4.69) is 27.0 Å². The molecule has 0 aliphatic carbocycles. The zero-order chi connectivity index (χ0) is 14.9. The van der Waals surface area contributed by atoms with Crippen molar-refractivity contribution in [3.63, 3.8) is 0 Å². The third-order valence-electron chi connectivity index (χ3n) is 4.52. The van der Waals surface area contributed by atoms with Gasteiger partial charge in [0.15, 0.2) is 0 Å². The molecule has 1 fully saturated rings. The van der Waals surface area contributed by atoms with Gasteiger partial charge in [-0.25, -0.2) is 0 Å². The van der Waals surface area contributed by atoms with E-state index < -0.39 is 0 Å². The predicted octanol–water partition coefficient (Wildman–Crippen LogP) is 2.88. The smallest absolute Gasteiger partial charge is 0.244 e. The molecule has 3 N–H and O–H groups in total. The van der Waals surface area contributed by atoms with Crippen LogP contribution in [0.5, 0.6) is 0 Å². The Kier molecular flexibility index (Phi) is 7.00. The molecule has 120 valence electrons. The van der Waals surface area contributed by atoms with Crippen molar-refractivity contribution < 1.29 is 0 Å². The highest BCUT2D eigenvalue weighted by Gasteiger charge is 2.20. The standard InChI is InChI=1S/C16H31N5/c1-2-3-4-5-6-7-8-15-18-16(20-19-15)21-11-9-14(13-17)10-12-21/h14H,2-13,17H2,1H3,(H,18,19,20). The first-order chi connectivity index (χ1) is 10.3. The second-order valence-corrected chi connectivity index (χ2v) is 6.27. The monoisotopic (exact) mass is 293 g/mol. The first-order valence-electron chi connectivity index (χ1n) is 8.69. The number of aryl methyl sites for hydroxylation is 1. The van der Waals surface area contributed by atoms with E-state index in [1.165, 1.54) is 38.5 Å². The van der Waals surface area contributed by atoms with Crippen LogP contribution in [0.3, 0.4) is 0 Å². The summed E-state index contributed by atoms with van der Waals surface area (Å²) in [6.45, 7) is 5.14. The van der Waals surface area contributed by atoms with Gasteiger partial charge in [0.05, 0.1) is 0 Å². The number of rotatable bonds is 9. The minimum absolute atomic E-state index is 0.683. The van der Waals surface area contributed by atoms with Crippen molar-refractivity contribution in [3.8, 4) is 0 Å². The molecule has 0 saturated carbocycles. The number of hydrogen-bond acceptors (Lipinski definition) is 4. The molecule has 1 saturated heterocycles. The van der Waals surface area contributed by atoms with E-state index in [0.29, 0.717) is 5.92 Å². The van der Waals surface area contributed by atoms with Gasteiger partial charge < -0.3 is 10.6 Å². The number of piperidine rings is 1. The van der Waals surface area contributed by atoms with Gasteiger partial charge in [0.1, 0.15) is 5.82 Å². The summed E-state index contributed by atoms with van der Waals surface area (Å²) in [5.41, 5.74) is 5.73. The van der Waals surface area contributed by atoms with Crippen LogP contribution >= 0.6 is 0 Å². The van der Waals surface area contributed by atoms with Crippen LogP contribution in [0.2, 0.25) is 0 Å². The normalized spacial score (nSPS) is 16.6. The molecule has 0 radical (unpaired) electrons. The van der Waals surface area contributed by atoms with E-state index in [0.717, 1.165) is 50.7 Å². The lowest BCUT2D eigenvalue weighted by atomic mass is 9.97. The minimum atomic E-state index is 0.683. The van der Waals surface area contributed by atoms with E-state index in [4.69, 9.17) is 5.73 Å². The molecule has 5 nitrogen and oxygen atoms in total. The molecule has 1 aromatic heterocycles. The third-order valence-corrected chi connectivity index (χ3v) is 4.52. The number of nitrogens with zero attached hydrogens (tertiary/aromatic N) is 3. The van der Waals surface area contributed by atoms with E-state index in [1.54, 1.807) is 0 Å². The van der Waals surface area contributed by atoms with Crippen LogP contribution in [-0.2, 0) is 6.42 Å². The van der Waals surface area contributed by atoms with Crippen molar-refractivity contribution in [1.82, 2.24) is 15.2 Å². The Balaban J connectivity index is 1.67. The summed E-state index contributed by atoms with van der Waals surface area (Å²) < 4.78 is 0. The number of aromatic amines is 1. The molecule has 1 aliphatic heterocycles. The number of nitrogens with two attached hydrogens (primary N) is 1. The van der Waals surface area contributed by atoms with Gasteiger partial charge in [-0.15, -0.1) is 5.10 Å². The van der Waals surface area contributed by atoms with Gasteiger partial charge in [0, 0.05) is 19.5 Å². The number of H-pyrrole nitrogens is 1. The SMILES string of the molecule is CCCCCCCCc1nc(N2CCC(CN)CC2)n[nH]1. The molecule has 0 spiro atoms. The molecule has 1 aliphatic rings. The third kappa shape index (κ3) is 5.30. The van der Waals surface area contributed by atoms with Crippen molar-refractivity contribution in [2.75, 3.05) is 24.5 Å². The highest BCUT2D eigenvalue weighted by Crippen LogP contribution is 2.20. The largest absolute Gasteiger partial charge is 0.340 e. The fraction of sp³-hybridized carbons (Fsp3) is 0.875. The molecule has 2 heterocycles. The Labute approximate surface area is 128 Å². The van der Waals surface area contributed by atoms with Crippen LogP contribution < -0.4 is 10.6 Å². The zero-order valence-corrected chi connectivity index (χ0v) is 13.5. The highest BCUT2D eigenvalue weighted by molar-refractivity contribution is 5.29. The summed E-state index contributed by atoms with van der Waals surface area (Å²) in [6, 6.07) is 0. The maximum absolute atomic E-state index is 5.73. The molecule has 21 heavy (non-hydrogen) atoms. The van der Waals surface area contributed by atoms with Crippen LogP contribution in [0.1, 0.15) is 64.1 Å². The summed E-state index contributed by atoms with van der Waals surface area (Å²) in [4.78, 5) is 6.93. The van der Waals surface area contributed by atoms with Gasteiger partial charge in [-0.2, -0.15) is 4.98 Å². The van der Waals surface area contributed by atoms with Gasteiger partial charge >= 0.3 is 0 Å². The number of nitrogens with one attached hydrogen (secondary N) is 1. The van der Waals surface area contributed by atoms with Crippen LogP contribution in [0.4, 0.5) is 5.95 Å². The lowest BCUT2D eigenvalue weighted by molar-refractivity contribution is 0.411. The molecule has 5 heteroatoms. The Hall–Kier alpha value is -1.10. The highest BCUT2D eigenvalue weighted by atomic mass is 15.4. The Morgan fingerprint density at radius 3 is 2.57 bits per heavy atom. The average molecular weight is 293 g/mol. The first kappa shape index (κ1) is 16.3. The number of hydrogen-bond donors (Lipinski definition) is 2. The summed E-state index contributed by atoms with van der Waals surface area (Å²) in [5, 5.41) is 7.48. The predicted molar refractivity (Wildman–Crippen MR) is 87.5 cm³/mol. The summed E-state index contributed by atoms with van der Waals surface area (Å²) >= 11 is 0. The summed E-state index contributed by atoms with van der Waals surface area (Å²) in [6.07, 6.45) is 11.3. The molecule has 0 bridgehead atoms. The molecule has 0 atom stereocenters. The molecular formula is C16H31N5. The van der Waals surface area contributed by atoms with Crippen molar-refractivity contribution in [1.29, 1.82) is 0 Å². The van der Waals surface area contributed by atoms with Crippen LogP contribution in [0.15, 0.2) is 0 Å². The maximum atomic E-state index is 5.73. The molecule has 2 rings (SSSR count). The van der Waals surface area contributed by atoms with Crippen molar-refractivity contribution in [2.45, 2.75) is 64.7 Å². The molecule has 0 amide bonds. The second-order valence-electron chi connectivity index (χ2n) is 6.27. The summed E-state index contributed by atoms with van der Waals surface area (Å²) in [7, 11) is 0.